The number of furan rings is 1. The molecule has 0 aliphatic rings. The van der Waals surface area contributed by atoms with Crippen LogP contribution < -0.4 is 10.6 Å². The third-order valence-corrected chi connectivity index (χ3v) is 4.05. The fourth-order valence-electron chi connectivity index (χ4n) is 2.04. The van der Waals surface area contributed by atoms with Gasteiger partial charge in [-0.05, 0) is 25.0 Å². The van der Waals surface area contributed by atoms with Crippen LogP contribution in [0.5, 0.6) is 0 Å². The van der Waals surface area contributed by atoms with Crippen LogP contribution in [0.3, 0.4) is 0 Å². The van der Waals surface area contributed by atoms with E-state index in [1.807, 2.05) is 12.1 Å². The van der Waals surface area contributed by atoms with Gasteiger partial charge in [0.25, 0.3) is 0 Å². The molecule has 0 aromatic carbocycles. The summed E-state index contributed by atoms with van der Waals surface area (Å²) in [4.78, 5) is 10.2. The Kier molecular flexibility index (Phi) is 5.38. The molecular weight excluding hydrogens is 284 g/mol. The Labute approximate surface area is 129 Å². The van der Waals surface area contributed by atoms with Gasteiger partial charge in [-0.25, -0.2) is 4.98 Å². The summed E-state index contributed by atoms with van der Waals surface area (Å²) in [6, 6.07) is 3.80. The lowest BCUT2D eigenvalue weighted by atomic mass is 10.1. The van der Waals surface area contributed by atoms with Crippen LogP contribution in [0.25, 0.3) is 0 Å². The van der Waals surface area contributed by atoms with Crippen LogP contribution in [0.1, 0.15) is 41.1 Å². The topological polar surface area (TPSA) is 62.5 Å². The van der Waals surface area contributed by atoms with Gasteiger partial charge < -0.3 is 15.1 Å². The highest BCUT2D eigenvalue weighted by molar-refractivity contribution is 7.11. The third kappa shape index (κ3) is 4.32. The average Bonchev–Trinajstić information content (AvgIpc) is 3.08. The van der Waals surface area contributed by atoms with Crippen LogP contribution >= 0.6 is 11.3 Å². The zero-order valence-electron chi connectivity index (χ0n) is 12.9. The molecule has 0 fully saturated rings. The van der Waals surface area contributed by atoms with E-state index in [1.54, 1.807) is 24.6 Å². The molecule has 5 nitrogen and oxygen atoms in total. The van der Waals surface area contributed by atoms with E-state index in [9.17, 15) is 0 Å². The monoisotopic (exact) mass is 306 g/mol. The molecule has 0 aliphatic heterocycles. The number of nitrogens with zero attached hydrogens (tertiary/aromatic N) is 2. The molecule has 0 aliphatic carbocycles. The Hall–Kier alpha value is -1.82. The van der Waals surface area contributed by atoms with E-state index in [-0.39, 0.29) is 0 Å². The SMILES string of the molecule is CN=C(NCc1ccco1)NCc1nc(C(C)C)c(C)s1. The van der Waals surface area contributed by atoms with Crippen molar-refractivity contribution >= 4 is 17.3 Å². The van der Waals surface area contributed by atoms with E-state index in [0.717, 1.165) is 16.7 Å². The van der Waals surface area contributed by atoms with Crippen molar-refractivity contribution in [2.45, 2.75) is 39.8 Å². The fourth-order valence-corrected chi connectivity index (χ4v) is 3.07. The highest BCUT2D eigenvalue weighted by atomic mass is 32.1. The maximum Gasteiger partial charge on any atom is 0.191 e. The van der Waals surface area contributed by atoms with Crippen LogP contribution in [0, 0.1) is 6.92 Å². The van der Waals surface area contributed by atoms with E-state index >= 15 is 0 Å². The number of aryl methyl sites for hydroxylation is 1. The van der Waals surface area contributed by atoms with Crippen molar-refractivity contribution in [1.29, 1.82) is 0 Å². The van der Waals surface area contributed by atoms with Crippen molar-refractivity contribution in [3.63, 3.8) is 0 Å². The Morgan fingerprint density at radius 2 is 2.14 bits per heavy atom. The van der Waals surface area contributed by atoms with E-state index in [1.165, 1.54) is 10.6 Å². The lowest BCUT2D eigenvalue weighted by molar-refractivity contribution is 0.501. The molecule has 2 N–H and O–H groups in total. The summed E-state index contributed by atoms with van der Waals surface area (Å²) in [6.45, 7) is 7.75. The first kappa shape index (κ1) is 15.6. The molecule has 0 spiro atoms. The summed E-state index contributed by atoms with van der Waals surface area (Å²) in [7, 11) is 1.75. The molecule has 0 amide bonds. The van der Waals surface area contributed by atoms with Gasteiger partial charge in [0.1, 0.15) is 10.8 Å². The largest absolute Gasteiger partial charge is 0.467 e. The number of hydrogen-bond donors (Lipinski definition) is 2. The van der Waals surface area contributed by atoms with Crippen LogP contribution in [-0.4, -0.2) is 18.0 Å². The molecule has 2 rings (SSSR count). The molecule has 0 radical (unpaired) electrons. The van der Waals surface area contributed by atoms with Crippen LogP contribution in [0.2, 0.25) is 0 Å². The predicted octanol–water partition coefficient (Wildman–Crippen LogP) is 3.03. The molecule has 0 bridgehead atoms. The lowest BCUT2D eigenvalue weighted by Gasteiger charge is -2.09. The Balaban J connectivity index is 1.87. The van der Waals surface area contributed by atoms with Crippen molar-refractivity contribution in [3.8, 4) is 0 Å². The quantitative estimate of drug-likeness (QED) is 0.658. The molecule has 0 atom stereocenters. The smallest absolute Gasteiger partial charge is 0.191 e. The molecule has 6 heteroatoms. The van der Waals surface area contributed by atoms with Crippen molar-refractivity contribution in [3.05, 3.63) is 39.7 Å². The van der Waals surface area contributed by atoms with Crippen LogP contribution in [0.15, 0.2) is 27.8 Å². The summed E-state index contributed by atoms with van der Waals surface area (Å²) in [5.41, 5.74) is 1.19. The number of guanidine groups is 1. The highest BCUT2D eigenvalue weighted by Crippen LogP contribution is 2.23. The van der Waals surface area contributed by atoms with Gasteiger partial charge in [-0.1, -0.05) is 13.8 Å². The fraction of sp³-hybridized carbons (Fsp3) is 0.467. The highest BCUT2D eigenvalue weighted by Gasteiger charge is 2.11. The first-order chi connectivity index (χ1) is 10.1. The van der Waals surface area contributed by atoms with Crippen molar-refractivity contribution in [2.75, 3.05) is 7.05 Å². The number of rotatable bonds is 5. The standard InChI is InChI=1S/C15H22N4OS/c1-10(2)14-11(3)21-13(19-14)9-18-15(16-4)17-8-12-6-5-7-20-12/h5-7,10H,8-9H2,1-4H3,(H2,16,17,18). The number of nitrogens with one attached hydrogen (secondary N) is 2. The molecule has 21 heavy (non-hydrogen) atoms. The van der Waals surface area contributed by atoms with Gasteiger partial charge in [-0.3, -0.25) is 4.99 Å². The Bertz CT molecular complexity index is 587. The van der Waals surface area contributed by atoms with E-state index in [0.29, 0.717) is 19.0 Å². The third-order valence-electron chi connectivity index (χ3n) is 3.06. The van der Waals surface area contributed by atoms with Crippen LogP contribution in [-0.2, 0) is 13.1 Å². The molecule has 0 saturated heterocycles. The van der Waals surface area contributed by atoms with Crippen molar-refractivity contribution in [1.82, 2.24) is 15.6 Å². The molecule has 0 unspecified atom stereocenters. The summed E-state index contributed by atoms with van der Waals surface area (Å²) in [5, 5.41) is 7.56. The molecule has 114 valence electrons. The number of thiazole rings is 1. The van der Waals surface area contributed by atoms with E-state index in [2.05, 4.69) is 41.4 Å². The minimum absolute atomic E-state index is 0.464. The second-order valence-electron chi connectivity index (χ2n) is 5.06. The van der Waals surface area contributed by atoms with Gasteiger partial charge in [-0.2, -0.15) is 0 Å². The zero-order valence-corrected chi connectivity index (χ0v) is 13.8. The van der Waals surface area contributed by atoms with Gasteiger partial charge in [0.2, 0.25) is 0 Å². The summed E-state index contributed by atoms with van der Waals surface area (Å²) in [6.07, 6.45) is 1.67. The predicted molar refractivity (Wildman–Crippen MR) is 86.7 cm³/mol. The van der Waals surface area contributed by atoms with Crippen molar-refractivity contribution < 1.29 is 4.42 Å². The Morgan fingerprint density at radius 3 is 2.71 bits per heavy atom. The van der Waals surface area contributed by atoms with Gasteiger partial charge in [0.15, 0.2) is 5.96 Å². The minimum atomic E-state index is 0.464. The average molecular weight is 306 g/mol. The minimum Gasteiger partial charge on any atom is -0.467 e. The van der Waals surface area contributed by atoms with Crippen LogP contribution in [0.4, 0.5) is 0 Å². The summed E-state index contributed by atoms with van der Waals surface area (Å²) < 4.78 is 5.28. The summed E-state index contributed by atoms with van der Waals surface area (Å²) >= 11 is 1.74. The molecule has 2 heterocycles. The molecular formula is C15H22N4OS. The van der Waals surface area contributed by atoms with E-state index in [4.69, 9.17) is 4.42 Å². The number of aromatic nitrogens is 1. The van der Waals surface area contributed by atoms with Gasteiger partial charge in [0.05, 0.1) is 25.0 Å². The van der Waals surface area contributed by atoms with Gasteiger partial charge in [-0.15, -0.1) is 11.3 Å². The zero-order chi connectivity index (χ0) is 15.2. The summed E-state index contributed by atoms with van der Waals surface area (Å²) in [5.74, 6) is 2.09. The normalized spacial score (nSPS) is 12.0. The second-order valence-corrected chi connectivity index (χ2v) is 6.35. The number of aliphatic imine (C=N–C) groups is 1. The maximum atomic E-state index is 5.28. The van der Waals surface area contributed by atoms with Gasteiger partial charge >= 0.3 is 0 Å². The molecule has 2 aromatic heterocycles. The first-order valence-corrected chi connectivity index (χ1v) is 7.85. The number of hydrogen-bond acceptors (Lipinski definition) is 4. The lowest BCUT2D eigenvalue weighted by Crippen LogP contribution is -2.36. The first-order valence-electron chi connectivity index (χ1n) is 7.03. The van der Waals surface area contributed by atoms with Gasteiger partial charge in [0, 0.05) is 11.9 Å². The van der Waals surface area contributed by atoms with E-state index < -0.39 is 0 Å². The molecule has 2 aromatic rings. The molecule has 0 saturated carbocycles. The van der Waals surface area contributed by atoms with Crippen molar-refractivity contribution in [2.24, 2.45) is 4.99 Å². The second kappa shape index (κ2) is 7.26. The Morgan fingerprint density at radius 1 is 1.38 bits per heavy atom. The maximum absolute atomic E-state index is 5.28.